The van der Waals surface area contributed by atoms with Crippen LogP contribution in [0.2, 0.25) is 0 Å². The number of hydrogen-bond donors (Lipinski definition) is 1. The summed E-state index contributed by atoms with van der Waals surface area (Å²) < 4.78 is 16.5. The lowest BCUT2D eigenvalue weighted by atomic mass is 10.1. The summed E-state index contributed by atoms with van der Waals surface area (Å²) in [6.07, 6.45) is 1.59. The maximum atomic E-state index is 12.4. The number of carbonyl (C=O) groups is 1. The second-order valence-electron chi connectivity index (χ2n) is 6.69. The average Bonchev–Trinajstić information content (AvgIpc) is 3.15. The minimum atomic E-state index is -0.527. The van der Waals surface area contributed by atoms with E-state index in [1.807, 2.05) is 12.1 Å². The Kier molecular flexibility index (Phi) is 5.50. The van der Waals surface area contributed by atoms with Crippen molar-refractivity contribution in [1.82, 2.24) is 9.97 Å². The predicted molar refractivity (Wildman–Crippen MR) is 113 cm³/mol. The van der Waals surface area contributed by atoms with Gasteiger partial charge in [-0.15, -0.1) is 0 Å². The number of aromatic amines is 1. The molecular weight excluding hydrogens is 402 g/mol. The molecule has 0 amide bonds. The molecule has 2 aromatic carbocycles. The number of benzene rings is 2. The maximum Gasteiger partial charge on any atom is 0.359 e. The number of rotatable bonds is 7. The molecule has 0 aliphatic rings. The van der Waals surface area contributed by atoms with Gasteiger partial charge in [0.25, 0.3) is 5.69 Å². The standard InChI is InChI=1S/C22H19N3O6/c1-3-30-22(26)21-20-18(13(11-23-21)12-29-2)19-16(24-20)5-4-6-17(19)31-15-9-7-14(8-10-15)25(27)28/h4-11,24H,3,12H2,1-2H3. The minimum Gasteiger partial charge on any atom is -0.461 e. The number of nitro groups is 1. The number of hydrogen-bond acceptors (Lipinski definition) is 7. The number of nitro benzene ring substituents is 1. The molecule has 0 bridgehead atoms. The SMILES string of the molecule is CCOC(=O)c1ncc(COC)c2c1[nH]c1cccc(Oc3ccc([N+](=O)[O-])cc3)c12. The van der Waals surface area contributed by atoms with Gasteiger partial charge in [0.1, 0.15) is 11.5 Å². The van der Waals surface area contributed by atoms with Gasteiger partial charge in [0.15, 0.2) is 5.69 Å². The molecule has 0 aliphatic carbocycles. The van der Waals surface area contributed by atoms with Gasteiger partial charge < -0.3 is 19.2 Å². The van der Waals surface area contributed by atoms with Crippen LogP contribution in [-0.2, 0) is 16.1 Å². The second-order valence-corrected chi connectivity index (χ2v) is 6.69. The Morgan fingerprint density at radius 1 is 1.16 bits per heavy atom. The van der Waals surface area contributed by atoms with E-state index >= 15 is 0 Å². The lowest BCUT2D eigenvalue weighted by Gasteiger charge is -2.10. The Hall–Kier alpha value is -3.98. The van der Waals surface area contributed by atoms with Gasteiger partial charge in [-0.3, -0.25) is 10.1 Å². The van der Waals surface area contributed by atoms with Crippen LogP contribution in [0.15, 0.2) is 48.7 Å². The van der Waals surface area contributed by atoms with E-state index in [1.54, 1.807) is 26.3 Å². The number of nitrogens with zero attached hydrogens (tertiary/aromatic N) is 2. The van der Waals surface area contributed by atoms with Crippen LogP contribution in [0.3, 0.4) is 0 Å². The quantitative estimate of drug-likeness (QED) is 0.260. The predicted octanol–water partition coefficient (Wildman–Crippen LogP) is 4.74. The van der Waals surface area contributed by atoms with E-state index in [-0.39, 0.29) is 24.6 Å². The van der Waals surface area contributed by atoms with Gasteiger partial charge in [-0.2, -0.15) is 0 Å². The Morgan fingerprint density at radius 3 is 2.61 bits per heavy atom. The fourth-order valence-electron chi connectivity index (χ4n) is 3.45. The van der Waals surface area contributed by atoms with Gasteiger partial charge in [0, 0.05) is 36.4 Å². The van der Waals surface area contributed by atoms with Crippen LogP contribution in [-0.4, -0.2) is 34.6 Å². The summed E-state index contributed by atoms with van der Waals surface area (Å²) in [5.74, 6) is 0.442. The summed E-state index contributed by atoms with van der Waals surface area (Å²) in [6, 6.07) is 11.3. The van der Waals surface area contributed by atoms with E-state index in [4.69, 9.17) is 14.2 Å². The van der Waals surface area contributed by atoms with Crippen molar-refractivity contribution in [3.63, 3.8) is 0 Å². The molecule has 9 nitrogen and oxygen atoms in total. The zero-order valence-electron chi connectivity index (χ0n) is 16.9. The molecule has 2 heterocycles. The Morgan fingerprint density at radius 2 is 1.94 bits per heavy atom. The van der Waals surface area contributed by atoms with E-state index in [9.17, 15) is 14.9 Å². The maximum absolute atomic E-state index is 12.4. The fraction of sp³-hybridized carbons (Fsp3) is 0.182. The third kappa shape index (κ3) is 3.78. The smallest absolute Gasteiger partial charge is 0.359 e. The van der Waals surface area contributed by atoms with Crippen molar-refractivity contribution in [3.8, 4) is 11.5 Å². The van der Waals surface area contributed by atoms with Crippen molar-refractivity contribution in [2.24, 2.45) is 0 Å². The number of carbonyl (C=O) groups excluding carboxylic acids is 1. The summed E-state index contributed by atoms with van der Waals surface area (Å²) >= 11 is 0. The van der Waals surface area contributed by atoms with Gasteiger partial charge in [0.2, 0.25) is 0 Å². The topological polar surface area (TPSA) is 117 Å². The molecule has 0 radical (unpaired) electrons. The van der Waals surface area contributed by atoms with Gasteiger partial charge >= 0.3 is 5.97 Å². The zero-order valence-corrected chi connectivity index (χ0v) is 16.9. The van der Waals surface area contributed by atoms with Crippen molar-refractivity contribution in [3.05, 3.63) is 70.0 Å². The fourth-order valence-corrected chi connectivity index (χ4v) is 3.45. The first-order valence-corrected chi connectivity index (χ1v) is 9.54. The number of aromatic nitrogens is 2. The Labute approximate surface area is 176 Å². The molecule has 31 heavy (non-hydrogen) atoms. The number of nitrogens with one attached hydrogen (secondary N) is 1. The van der Waals surface area contributed by atoms with Gasteiger partial charge in [0.05, 0.1) is 34.6 Å². The molecule has 0 saturated heterocycles. The van der Waals surface area contributed by atoms with E-state index in [0.717, 1.165) is 21.9 Å². The summed E-state index contributed by atoms with van der Waals surface area (Å²) in [5.41, 5.74) is 2.20. The molecule has 0 saturated carbocycles. The third-order valence-corrected chi connectivity index (χ3v) is 4.74. The molecule has 2 aromatic heterocycles. The number of ether oxygens (including phenoxy) is 3. The highest BCUT2D eigenvalue weighted by Gasteiger charge is 2.21. The normalized spacial score (nSPS) is 11.0. The molecule has 0 atom stereocenters. The highest BCUT2D eigenvalue weighted by Crippen LogP contribution is 2.38. The highest BCUT2D eigenvalue weighted by atomic mass is 16.6. The van der Waals surface area contributed by atoms with Gasteiger partial charge in [-0.1, -0.05) is 6.07 Å². The molecule has 0 unspecified atom stereocenters. The molecule has 4 rings (SSSR count). The lowest BCUT2D eigenvalue weighted by Crippen LogP contribution is -2.08. The second kappa shape index (κ2) is 8.41. The van der Waals surface area contributed by atoms with Gasteiger partial charge in [-0.05, 0) is 31.2 Å². The first-order chi connectivity index (χ1) is 15.0. The van der Waals surface area contributed by atoms with Crippen LogP contribution >= 0.6 is 0 Å². The van der Waals surface area contributed by atoms with E-state index in [0.29, 0.717) is 17.0 Å². The number of pyridine rings is 1. The highest BCUT2D eigenvalue weighted by molar-refractivity contribution is 6.16. The van der Waals surface area contributed by atoms with Crippen LogP contribution in [0.1, 0.15) is 23.0 Å². The Bertz CT molecular complexity index is 1280. The number of methoxy groups -OCH3 is 1. The van der Waals surface area contributed by atoms with Gasteiger partial charge in [-0.25, -0.2) is 9.78 Å². The van der Waals surface area contributed by atoms with E-state index in [2.05, 4.69) is 9.97 Å². The molecule has 0 aliphatic heterocycles. The average molecular weight is 421 g/mol. The third-order valence-electron chi connectivity index (χ3n) is 4.74. The number of esters is 1. The summed E-state index contributed by atoms with van der Waals surface area (Å²) in [4.78, 5) is 30.4. The largest absolute Gasteiger partial charge is 0.461 e. The number of H-pyrrole nitrogens is 1. The number of fused-ring (bicyclic) bond motifs is 3. The van der Waals surface area contributed by atoms with Crippen molar-refractivity contribution in [2.75, 3.05) is 13.7 Å². The van der Waals surface area contributed by atoms with Crippen molar-refractivity contribution in [1.29, 1.82) is 0 Å². The number of non-ortho nitro benzene ring substituents is 1. The molecular formula is C22H19N3O6. The van der Waals surface area contributed by atoms with Crippen LogP contribution in [0.5, 0.6) is 11.5 Å². The Balaban J connectivity index is 1.89. The molecule has 0 spiro atoms. The summed E-state index contributed by atoms with van der Waals surface area (Å²) in [6.45, 7) is 2.25. The zero-order chi connectivity index (χ0) is 22.0. The van der Waals surface area contributed by atoms with Crippen LogP contribution in [0, 0.1) is 10.1 Å². The molecule has 9 heteroatoms. The van der Waals surface area contributed by atoms with Crippen molar-refractivity contribution in [2.45, 2.75) is 13.5 Å². The van der Waals surface area contributed by atoms with Crippen LogP contribution in [0.25, 0.3) is 21.8 Å². The monoisotopic (exact) mass is 421 g/mol. The summed E-state index contributed by atoms with van der Waals surface area (Å²) in [7, 11) is 1.58. The minimum absolute atomic E-state index is 0.0230. The lowest BCUT2D eigenvalue weighted by molar-refractivity contribution is -0.384. The molecule has 4 aromatic rings. The first kappa shape index (κ1) is 20.3. The van der Waals surface area contributed by atoms with E-state index in [1.165, 1.54) is 24.3 Å². The summed E-state index contributed by atoms with van der Waals surface area (Å²) in [5, 5.41) is 12.4. The van der Waals surface area contributed by atoms with Crippen molar-refractivity contribution >= 4 is 33.5 Å². The molecule has 1 N–H and O–H groups in total. The molecule has 158 valence electrons. The first-order valence-electron chi connectivity index (χ1n) is 9.54. The van der Waals surface area contributed by atoms with Crippen LogP contribution in [0.4, 0.5) is 5.69 Å². The van der Waals surface area contributed by atoms with Crippen LogP contribution < -0.4 is 4.74 Å². The molecule has 0 fully saturated rings. The van der Waals surface area contributed by atoms with E-state index < -0.39 is 10.9 Å². The van der Waals surface area contributed by atoms with Crippen molar-refractivity contribution < 1.29 is 23.9 Å².